The van der Waals surface area contributed by atoms with Crippen molar-refractivity contribution in [3.8, 4) is 0 Å². The van der Waals surface area contributed by atoms with Crippen LogP contribution in [0.25, 0.3) is 0 Å². The highest BCUT2D eigenvalue weighted by molar-refractivity contribution is 5.94. The Hall–Kier alpha value is -1.45. The van der Waals surface area contributed by atoms with Gasteiger partial charge in [0.15, 0.2) is 11.6 Å². The first-order chi connectivity index (χ1) is 8.18. The zero-order chi connectivity index (χ0) is 12.3. The van der Waals surface area contributed by atoms with E-state index in [4.69, 9.17) is 0 Å². The van der Waals surface area contributed by atoms with Crippen LogP contribution in [0.3, 0.4) is 0 Å². The van der Waals surface area contributed by atoms with Gasteiger partial charge in [-0.1, -0.05) is 12.8 Å². The molecule has 0 radical (unpaired) electrons. The van der Waals surface area contributed by atoms with Crippen molar-refractivity contribution in [1.82, 2.24) is 4.90 Å². The Bertz CT molecular complexity index is 412. The van der Waals surface area contributed by atoms with Gasteiger partial charge in [-0.15, -0.1) is 0 Å². The number of amides is 1. The number of carbonyl (C=O) groups is 1. The molecule has 1 aromatic carbocycles. The van der Waals surface area contributed by atoms with Crippen LogP contribution in [0.4, 0.5) is 8.78 Å². The van der Waals surface area contributed by atoms with Crippen LogP contribution in [0.1, 0.15) is 36.0 Å². The van der Waals surface area contributed by atoms with Crippen molar-refractivity contribution in [2.75, 3.05) is 13.1 Å². The summed E-state index contributed by atoms with van der Waals surface area (Å²) < 4.78 is 25.8. The molecule has 17 heavy (non-hydrogen) atoms. The molecule has 1 aliphatic rings. The molecule has 1 saturated heterocycles. The van der Waals surface area contributed by atoms with Crippen LogP contribution in [-0.4, -0.2) is 23.9 Å². The molecule has 0 spiro atoms. The lowest BCUT2D eigenvalue weighted by Gasteiger charge is -2.20. The molecular formula is C13H15F2NO. The fraction of sp³-hybridized carbons (Fsp3) is 0.462. The first-order valence-corrected chi connectivity index (χ1v) is 5.93. The topological polar surface area (TPSA) is 20.3 Å². The monoisotopic (exact) mass is 239 g/mol. The zero-order valence-electron chi connectivity index (χ0n) is 9.59. The lowest BCUT2D eigenvalue weighted by molar-refractivity contribution is 0.0761. The molecule has 2 nitrogen and oxygen atoms in total. The second-order valence-corrected chi connectivity index (χ2v) is 4.34. The smallest absolute Gasteiger partial charge is 0.253 e. The highest BCUT2D eigenvalue weighted by atomic mass is 19.2. The maximum absolute atomic E-state index is 13.0. The molecule has 0 bridgehead atoms. The number of nitrogens with zero attached hydrogens (tertiary/aromatic N) is 1. The Morgan fingerprint density at radius 3 is 2.24 bits per heavy atom. The number of hydrogen-bond acceptors (Lipinski definition) is 1. The van der Waals surface area contributed by atoms with E-state index in [9.17, 15) is 13.6 Å². The Kier molecular flexibility index (Phi) is 3.71. The van der Waals surface area contributed by atoms with Crippen LogP contribution in [0.15, 0.2) is 18.2 Å². The molecule has 1 amide bonds. The van der Waals surface area contributed by atoms with Crippen LogP contribution in [-0.2, 0) is 0 Å². The number of halogens is 2. The van der Waals surface area contributed by atoms with E-state index < -0.39 is 11.6 Å². The Labute approximate surface area is 99.2 Å². The second kappa shape index (κ2) is 5.25. The molecule has 0 N–H and O–H groups in total. The van der Waals surface area contributed by atoms with E-state index in [1.807, 2.05) is 0 Å². The van der Waals surface area contributed by atoms with Crippen molar-refractivity contribution in [1.29, 1.82) is 0 Å². The molecule has 2 rings (SSSR count). The summed E-state index contributed by atoms with van der Waals surface area (Å²) in [7, 11) is 0. The highest BCUT2D eigenvalue weighted by Gasteiger charge is 2.18. The Morgan fingerprint density at radius 1 is 1.00 bits per heavy atom. The quantitative estimate of drug-likeness (QED) is 0.737. The summed E-state index contributed by atoms with van der Waals surface area (Å²) in [6.45, 7) is 1.41. The largest absolute Gasteiger partial charge is 0.339 e. The van der Waals surface area contributed by atoms with E-state index in [-0.39, 0.29) is 11.5 Å². The summed E-state index contributed by atoms with van der Waals surface area (Å²) in [6, 6.07) is 3.31. The minimum Gasteiger partial charge on any atom is -0.339 e. The van der Waals surface area contributed by atoms with Crippen molar-refractivity contribution in [2.24, 2.45) is 0 Å². The summed E-state index contributed by atoms with van der Waals surface area (Å²) in [6.07, 6.45) is 4.22. The van der Waals surface area contributed by atoms with Crippen LogP contribution in [0, 0.1) is 11.6 Å². The molecule has 0 atom stereocenters. The minimum atomic E-state index is -0.967. The molecule has 0 saturated carbocycles. The lowest BCUT2D eigenvalue weighted by atomic mass is 10.2. The third-order valence-corrected chi connectivity index (χ3v) is 3.06. The average Bonchev–Trinajstić information content (AvgIpc) is 2.60. The molecule has 1 aromatic rings. The number of rotatable bonds is 1. The first-order valence-electron chi connectivity index (χ1n) is 5.93. The number of likely N-dealkylation sites (tertiary alicyclic amines) is 1. The van der Waals surface area contributed by atoms with Gasteiger partial charge in [0.05, 0.1) is 0 Å². The summed E-state index contributed by atoms with van der Waals surface area (Å²) in [5.41, 5.74) is 0.228. The predicted octanol–water partition coefficient (Wildman–Crippen LogP) is 2.98. The molecule has 92 valence electrons. The van der Waals surface area contributed by atoms with E-state index in [1.54, 1.807) is 4.90 Å². The Morgan fingerprint density at radius 2 is 1.65 bits per heavy atom. The van der Waals surface area contributed by atoms with Crippen molar-refractivity contribution in [3.63, 3.8) is 0 Å². The van der Waals surface area contributed by atoms with Crippen molar-refractivity contribution < 1.29 is 13.6 Å². The van der Waals surface area contributed by atoms with E-state index in [2.05, 4.69) is 0 Å². The number of benzene rings is 1. The molecule has 1 fully saturated rings. The molecule has 1 heterocycles. The van der Waals surface area contributed by atoms with Crippen LogP contribution < -0.4 is 0 Å². The standard InChI is InChI=1S/C13H15F2NO/c14-11-6-5-10(9-12(11)15)13(17)16-7-3-1-2-4-8-16/h5-6,9H,1-4,7-8H2. The van der Waals surface area contributed by atoms with Crippen molar-refractivity contribution in [3.05, 3.63) is 35.4 Å². The molecule has 0 aliphatic carbocycles. The highest BCUT2D eigenvalue weighted by Crippen LogP contribution is 2.15. The van der Waals surface area contributed by atoms with Crippen molar-refractivity contribution >= 4 is 5.91 Å². The minimum absolute atomic E-state index is 0.203. The lowest BCUT2D eigenvalue weighted by Crippen LogP contribution is -2.31. The van der Waals surface area contributed by atoms with Gasteiger partial charge in [0.25, 0.3) is 5.91 Å². The van der Waals surface area contributed by atoms with Gasteiger partial charge < -0.3 is 4.90 Å². The summed E-state index contributed by atoms with van der Waals surface area (Å²) >= 11 is 0. The predicted molar refractivity (Wildman–Crippen MR) is 60.7 cm³/mol. The Balaban J connectivity index is 2.14. The van der Waals surface area contributed by atoms with Crippen LogP contribution in [0.2, 0.25) is 0 Å². The number of carbonyl (C=O) groups excluding carboxylic acids is 1. The third kappa shape index (κ3) is 2.81. The maximum atomic E-state index is 13.0. The van der Waals surface area contributed by atoms with Gasteiger partial charge in [0.1, 0.15) is 0 Å². The van der Waals surface area contributed by atoms with Gasteiger partial charge in [-0.05, 0) is 31.0 Å². The molecular weight excluding hydrogens is 224 g/mol. The molecule has 0 unspecified atom stereocenters. The number of hydrogen-bond donors (Lipinski definition) is 0. The summed E-state index contributed by atoms with van der Waals surface area (Å²) in [5, 5.41) is 0. The van der Waals surface area contributed by atoms with Gasteiger partial charge in [-0.25, -0.2) is 8.78 Å². The molecule has 4 heteroatoms. The van der Waals surface area contributed by atoms with Crippen LogP contribution >= 0.6 is 0 Å². The maximum Gasteiger partial charge on any atom is 0.253 e. The fourth-order valence-electron chi connectivity index (χ4n) is 2.09. The fourth-order valence-corrected chi connectivity index (χ4v) is 2.09. The van der Waals surface area contributed by atoms with E-state index in [0.717, 1.165) is 37.8 Å². The molecule has 0 aromatic heterocycles. The van der Waals surface area contributed by atoms with Gasteiger partial charge in [-0.3, -0.25) is 4.79 Å². The first kappa shape index (κ1) is 12.0. The molecule has 1 aliphatic heterocycles. The normalized spacial score (nSPS) is 16.7. The van der Waals surface area contributed by atoms with E-state index in [0.29, 0.717) is 13.1 Å². The third-order valence-electron chi connectivity index (χ3n) is 3.06. The van der Waals surface area contributed by atoms with Gasteiger partial charge >= 0.3 is 0 Å². The summed E-state index contributed by atoms with van der Waals surface area (Å²) in [4.78, 5) is 13.8. The van der Waals surface area contributed by atoms with E-state index in [1.165, 1.54) is 6.07 Å². The summed E-state index contributed by atoms with van der Waals surface area (Å²) in [5.74, 6) is -2.09. The average molecular weight is 239 g/mol. The van der Waals surface area contributed by atoms with E-state index >= 15 is 0 Å². The SMILES string of the molecule is O=C(c1ccc(F)c(F)c1)N1CCCCCC1. The second-order valence-electron chi connectivity index (χ2n) is 4.34. The van der Waals surface area contributed by atoms with Gasteiger partial charge in [-0.2, -0.15) is 0 Å². The van der Waals surface area contributed by atoms with Gasteiger partial charge in [0.2, 0.25) is 0 Å². The van der Waals surface area contributed by atoms with Crippen molar-refractivity contribution in [2.45, 2.75) is 25.7 Å². The van der Waals surface area contributed by atoms with Gasteiger partial charge in [0, 0.05) is 18.7 Å². The van der Waals surface area contributed by atoms with Crippen LogP contribution in [0.5, 0.6) is 0 Å². The zero-order valence-corrected chi connectivity index (χ0v) is 9.59.